The standard InChI is InChI=1S/C9H18N2O2S/c1-7(14)10-5-6-11-8(12)13-9(2,3)4/h5-6H2,1-4H3,(H,10,14)(H,11,12). The lowest BCUT2D eigenvalue weighted by Crippen LogP contribution is -2.37. The lowest BCUT2D eigenvalue weighted by molar-refractivity contribution is 0.0529. The number of ether oxygens (including phenoxy) is 1. The maximum absolute atomic E-state index is 11.1. The van der Waals surface area contributed by atoms with Gasteiger partial charge >= 0.3 is 6.09 Å². The molecule has 0 unspecified atom stereocenters. The zero-order chi connectivity index (χ0) is 11.2. The SMILES string of the molecule is CC(=S)NCCNC(=O)OC(C)(C)C. The molecule has 14 heavy (non-hydrogen) atoms. The molecule has 0 fully saturated rings. The van der Waals surface area contributed by atoms with Crippen LogP contribution in [-0.2, 0) is 4.74 Å². The van der Waals surface area contributed by atoms with Crippen molar-refractivity contribution < 1.29 is 9.53 Å². The largest absolute Gasteiger partial charge is 0.444 e. The molecule has 0 aromatic heterocycles. The molecule has 0 aliphatic heterocycles. The minimum Gasteiger partial charge on any atom is -0.444 e. The second-order valence-electron chi connectivity index (χ2n) is 3.91. The summed E-state index contributed by atoms with van der Waals surface area (Å²) in [5, 5.41) is 5.54. The van der Waals surface area contributed by atoms with Crippen molar-refractivity contribution >= 4 is 23.3 Å². The normalized spacial score (nSPS) is 10.6. The highest BCUT2D eigenvalue weighted by molar-refractivity contribution is 7.80. The van der Waals surface area contributed by atoms with Gasteiger partial charge in [-0.2, -0.15) is 0 Å². The van der Waals surface area contributed by atoms with E-state index >= 15 is 0 Å². The topological polar surface area (TPSA) is 50.4 Å². The van der Waals surface area contributed by atoms with Crippen molar-refractivity contribution in [2.45, 2.75) is 33.3 Å². The van der Waals surface area contributed by atoms with E-state index in [-0.39, 0.29) is 0 Å². The predicted molar refractivity (Wildman–Crippen MR) is 60.5 cm³/mol. The second-order valence-corrected chi connectivity index (χ2v) is 4.52. The van der Waals surface area contributed by atoms with Crippen LogP contribution in [0.4, 0.5) is 4.79 Å². The van der Waals surface area contributed by atoms with Crippen LogP contribution in [-0.4, -0.2) is 29.8 Å². The highest BCUT2D eigenvalue weighted by atomic mass is 32.1. The summed E-state index contributed by atoms with van der Waals surface area (Å²) in [4.78, 5) is 11.8. The Balaban J connectivity index is 3.50. The lowest BCUT2D eigenvalue weighted by Gasteiger charge is -2.19. The highest BCUT2D eigenvalue weighted by Gasteiger charge is 2.15. The van der Waals surface area contributed by atoms with Gasteiger partial charge in [-0.25, -0.2) is 4.79 Å². The Morgan fingerprint density at radius 3 is 2.21 bits per heavy atom. The van der Waals surface area contributed by atoms with Crippen LogP contribution in [0.25, 0.3) is 0 Å². The Bertz CT molecular complexity index is 211. The summed E-state index contributed by atoms with van der Waals surface area (Å²) < 4.78 is 5.03. The zero-order valence-corrected chi connectivity index (χ0v) is 9.96. The molecule has 0 spiro atoms. The summed E-state index contributed by atoms with van der Waals surface area (Å²) in [6, 6.07) is 0. The molecule has 82 valence electrons. The maximum Gasteiger partial charge on any atom is 0.407 e. The van der Waals surface area contributed by atoms with Crippen molar-refractivity contribution in [3.63, 3.8) is 0 Å². The maximum atomic E-state index is 11.1. The molecule has 0 bridgehead atoms. The van der Waals surface area contributed by atoms with Crippen LogP contribution in [0.15, 0.2) is 0 Å². The first-order valence-corrected chi connectivity index (χ1v) is 4.93. The molecule has 0 atom stereocenters. The van der Waals surface area contributed by atoms with E-state index in [1.807, 2.05) is 20.8 Å². The van der Waals surface area contributed by atoms with Crippen molar-refractivity contribution in [1.29, 1.82) is 0 Å². The van der Waals surface area contributed by atoms with Gasteiger partial charge < -0.3 is 15.4 Å². The molecule has 0 heterocycles. The van der Waals surface area contributed by atoms with Gasteiger partial charge in [0.1, 0.15) is 5.60 Å². The van der Waals surface area contributed by atoms with E-state index in [0.717, 1.165) is 4.99 Å². The number of amides is 1. The minimum atomic E-state index is -0.447. The average molecular weight is 218 g/mol. The molecule has 0 aliphatic carbocycles. The fourth-order valence-electron chi connectivity index (χ4n) is 0.717. The van der Waals surface area contributed by atoms with Crippen LogP contribution < -0.4 is 10.6 Å². The van der Waals surface area contributed by atoms with E-state index in [1.54, 1.807) is 6.92 Å². The predicted octanol–water partition coefficient (Wildman–Crippen LogP) is 1.45. The smallest absolute Gasteiger partial charge is 0.407 e. The van der Waals surface area contributed by atoms with Gasteiger partial charge in [0.15, 0.2) is 0 Å². The number of thiocarbonyl (C=S) groups is 1. The van der Waals surface area contributed by atoms with E-state index in [4.69, 9.17) is 17.0 Å². The third-order valence-corrected chi connectivity index (χ3v) is 1.31. The Morgan fingerprint density at radius 2 is 1.79 bits per heavy atom. The first-order valence-electron chi connectivity index (χ1n) is 4.52. The van der Waals surface area contributed by atoms with Gasteiger partial charge in [0.25, 0.3) is 0 Å². The van der Waals surface area contributed by atoms with E-state index < -0.39 is 11.7 Å². The van der Waals surface area contributed by atoms with Crippen molar-refractivity contribution in [3.05, 3.63) is 0 Å². The summed E-state index contributed by atoms with van der Waals surface area (Å²) in [5.74, 6) is 0. The monoisotopic (exact) mass is 218 g/mol. The fourth-order valence-corrected chi connectivity index (χ4v) is 0.819. The second kappa shape index (κ2) is 5.80. The van der Waals surface area contributed by atoms with E-state index in [9.17, 15) is 4.79 Å². The summed E-state index contributed by atoms with van der Waals surface area (Å²) in [5.41, 5.74) is -0.447. The van der Waals surface area contributed by atoms with E-state index in [2.05, 4.69) is 10.6 Å². The molecule has 0 aliphatic rings. The number of carbonyl (C=O) groups excluding carboxylic acids is 1. The number of alkyl carbamates (subject to hydrolysis) is 1. The van der Waals surface area contributed by atoms with Gasteiger partial charge in [-0.1, -0.05) is 12.2 Å². The Labute approximate surface area is 90.4 Å². The van der Waals surface area contributed by atoms with Crippen LogP contribution in [0, 0.1) is 0 Å². The number of nitrogens with one attached hydrogen (secondary N) is 2. The van der Waals surface area contributed by atoms with Crippen LogP contribution >= 0.6 is 12.2 Å². The van der Waals surface area contributed by atoms with Crippen LogP contribution in [0.3, 0.4) is 0 Å². The lowest BCUT2D eigenvalue weighted by atomic mass is 10.2. The van der Waals surface area contributed by atoms with Crippen molar-refractivity contribution in [2.24, 2.45) is 0 Å². The molecule has 0 saturated carbocycles. The van der Waals surface area contributed by atoms with Gasteiger partial charge in [-0.3, -0.25) is 0 Å². The molecule has 0 radical (unpaired) electrons. The van der Waals surface area contributed by atoms with E-state index in [1.165, 1.54) is 0 Å². The minimum absolute atomic E-state index is 0.402. The van der Waals surface area contributed by atoms with Crippen LogP contribution in [0.5, 0.6) is 0 Å². The molecule has 0 aromatic carbocycles. The third kappa shape index (κ3) is 9.25. The van der Waals surface area contributed by atoms with Gasteiger partial charge in [0.2, 0.25) is 0 Å². The Morgan fingerprint density at radius 1 is 1.29 bits per heavy atom. The molecular formula is C9H18N2O2S. The number of hydrogen-bond donors (Lipinski definition) is 2. The summed E-state index contributed by atoms with van der Waals surface area (Å²) >= 11 is 4.81. The molecule has 0 saturated heterocycles. The van der Waals surface area contributed by atoms with Crippen molar-refractivity contribution in [1.82, 2.24) is 10.6 Å². The third-order valence-electron chi connectivity index (χ3n) is 1.17. The van der Waals surface area contributed by atoms with E-state index in [0.29, 0.717) is 13.1 Å². The molecule has 4 nitrogen and oxygen atoms in total. The van der Waals surface area contributed by atoms with Crippen molar-refractivity contribution in [3.8, 4) is 0 Å². The first kappa shape index (κ1) is 13.2. The molecule has 5 heteroatoms. The average Bonchev–Trinajstić information content (AvgIpc) is 1.94. The van der Waals surface area contributed by atoms with Crippen molar-refractivity contribution in [2.75, 3.05) is 13.1 Å². The van der Waals surface area contributed by atoms with Gasteiger partial charge in [-0.15, -0.1) is 0 Å². The summed E-state index contributed by atoms with van der Waals surface area (Å²) in [6.45, 7) is 8.39. The Kier molecular flexibility index (Phi) is 5.45. The summed E-state index contributed by atoms with van der Waals surface area (Å²) in [7, 11) is 0. The molecule has 0 aromatic rings. The zero-order valence-electron chi connectivity index (χ0n) is 9.14. The number of carbonyl (C=O) groups is 1. The van der Waals surface area contributed by atoms with Crippen LogP contribution in [0.2, 0.25) is 0 Å². The Hall–Kier alpha value is -0.840. The molecule has 0 rings (SSSR count). The first-order chi connectivity index (χ1) is 6.31. The highest BCUT2D eigenvalue weighted by Crippen LogP contribution is 2.05. The fraction of sp³-hybridized carbons (Fsp3) is 0.778. The van der Waals surface area contributed by atoms with Gasteiger partial charge in [0.05, 0.1) is 4.99 Å². The summed E-state index contributed by atoms with van der Waals surface area (Å²) in [6.07, 6.45) is -0.402. The quantitative estimate of drug-likeness (QED) is 0.556. The number of hydrogen-bond acceptors (Lipinski definition) is 3. The molecule has 2 N–H and O–H groups in total. The molecule has 1 amide bonds. The number of rotatable bonds is 3. The molecular weight excluding hydrogens is 200 g/mol. The van der Waals surface area contributed by atoms with Crippen LogP contribution in [0.1, 0.15) is 27.7 Å². The van der Waals surface area contributed by atoms with Gasteiger partial charge in [-0.05, 0) is 27.7 Å². The van der Waals surface area contributed by atoms with Gasteiger partial charge in [0, 0.05) is 13.1 Å².